The number of sulfonamides is 1. The first-order chi connectivity index (χ1) is 8.12. The summed E-state index contributed by atoms with van der Waals surface area (Å²) in [5.41, 5.74) is 2.52. The molecule has 1 aliphatic heterocycles. The third kappa shape index (κ3) is 3.06. The molecule has 0 aromatic heterocycles. The van der Waals surface area contributed by atoms with Gasteiger partial charge in [0.15, 0.2) is 0 Å². The molecule has 2 rings (SSSR count). The lowest BCUT2D eigenvalue weighted by Crippen LogP contribution is -2.39. The highest BCUT2D eigenvalue weighted by molar-refractivity contribution is 7.89. The molecule has 1 heterocycles. The van der Waals surface area contributed by atoms with Gasteiger partial charge in [-0.1, -0.05) is 24.3 Å². The van der Waals surface area contributed by atoms with E-state index in [4.69, 9.17) is 0 Å². The number of benzene rings is 1. The first-order valence-electron chi connectivity index (χ1n) is 5.91. The van der Waals surface area contributed by atoms with Crippen molar-refractivity contribution in [1.82, 2.24) is 10.0 Å². The quantitative estimate of drug-likeness (QED) is 0.836. The Morgan fingerprint density at radius 2 is 2.18 bits per heavy atom. The molecule has 5 heteroatoms. The second kappa shape index (κ2) is 5.16. The number of hydrogen-bond donors (Lipinski definition) is 2. The van der Waals surface area contributed by atoms with Crippen molar-refractivity contribution in [2.24, 2.45) is 0 Å². The van der Waals surface area contributed by atoms with Crippen molar-refractivity contribution >= 4 is 10.0 Å². The van der Waals surface area contributed by atoms with E-state index in [2.05, 4.69) is 22.2 Å². The Morgan fingerprint density at radius 3 is 2.94 bits per heavy atom. The lowest BCUT2D eigenvalue weighted by Gasteiger charge is -2.27. The van der Waals surface area contributed by atoms with E-state index in [0.29, 0.717) is 6.54 Å². The van der Waals surface area contributed by atoms with E-state index in [1.807, 2.05) is 12.1 Å². The molecule has 0 radical (unpaired) electrons. The monoisotopic (exact) mass is 254 g/mol. The third-order valence-corrected chi connectivity index (χ3v) is 4.47. The Kier molecular flexibility index (Phi) is 3.81. The zero-order valence-electron chi connectivity index (χ0n) is 9.94. The Balaban J connectivity index is 2.09. The van der Waals surface area contributed by atoms with E-state index in [9.17, 15) is 8.42 Å². The van der Waals surface area contributed by atoms with Crippen molar-refractivity contribution in [3.8, 4) is 0 Å². The number of hydrogen-bond acceptors (Lipinski definition) is 3. The van der Waals surface area contributed by atoms with Gasteiger partial charge in [-0.25, -0.2) is 13.1 Å². The first-order valence-corrected chi connectivity index (χ1v) is 7.56. The van der Waals surface area contributed by atoms with Crippen LogP contribution in [0.1, 0.15) is 24.1 Å². The van der Waals surface area contributed by atoms with Gasteiger partial charge in [0.25, 0.3) is 0 Å². The minimum Gasteiger partial charge on any atom is -0.308 e. The number of fused-ring (bicyclic) bond motifs is 1. The number of rotatable bonds is 4. The van der Waals surface area contributed by atoms with Crippen LogP contribution in [0.3, 0.4) is 0 Å². The van der Waals surface area contributed by atoms with Crippen molar-refractivity contribution in [1.29, 1.82) is 0 Å². The molecule has 0 bridgehead atoms. The van der Waals surface area contributed by atoms with E-state index < -0.39 is 10.0 Å². The van der Waals surface area contributed by atoms with Gasteiger partial charge in [0.2, 0.25) is 10.0 Å². The van der Waals surface area contributed by atoms with Gasteiger partial charge in [0.1, 0.15) is 0 Å². The summed E-state index contributed by atoms with van der Waals surface area (Å²) in [7, 11) is -3.11. The minimum atomic E-state index is -3.11. The maximum Gasteiger partial charge on any atom is 0.211 e. The molecular formula is C12H18N2O2S. The van der Waals surface area contributed by atoms with Crippen LogP contribution in [0.2, 0.25) is 0 Å². The standard InChI is InChI=1S/C12H18N2O2S/c1-2-17(15,16)14-9-12-11-6-4-3-5-10(11)7-8-13-12/h3-6,12-14H,2,7-9H2,1H3. The average molecular weight is 254 g/mol. The predicted octanol–water partition coefficient (Wildman–Crippen LogP) is 0.813. The fraction of sp³-hybridized carbons (Fsp3) is 0.500. The molecule has 1 aromatic carbocycles. The van der Waals surface area contributed by atoms with Gasteiger partial charge in [0.05, 0.1) is 5.75 Å². The molecule has 1 aromatic rings. The van der Waals surface area contributed by atoms with Gasteiger partial charge in [-0.3, -0.25) is 0 Å². The predicted molar refractivity (Wildman–Crippen MR) is 68.4 cm³/mol. The van der Waals surface area contributed by atoms with Crippen LogP contribution in [-0.2, 0) is 16.4 Å². The molecule has 17 heavy (non-hydrogen) atoms. The summed E-state index contributed by atoms with van der Waals surface area (Å²) in [4.78, 5) is 0. The van der Waals surface area contributed by atoms with E-state index in [1.165, 1.54) is 11.1 Å². The molecule has 1 atom stereocenters. The van der Waals surface area contributed by atoms with E-state index >= 15 is 0 Å². The minimum absolute atomic E-state index is 0.0845. The smallest absolute Gasteiger partial charge is 0.211 e. The van der Waals surface area contributed by atoms with E-state index in [0.717, 1.165) is 13.0 Å². The van der Waals surface area contributed by atoms with Crippen LogP contribution in [0.4, 0.5) is 0 Å². The highest BCUT2D eigenvalue weighted by atomic mass is 32.2. The number of nitrogens with one attached hydrogen (secondary N) is 2. The Labute approximate surface area is 102 Å². The topological polar surface area (TPSA) is 58.2 Å². The molecule has 0 aliphatic carbocycles. The van der Waals surface area contributed by atoms with Crippen LogP contribution in [0.5, 0.6) is 0 Å². The third-order valence-electron chi connectivity index (χ3n) is 3.10. The fourth-order valence-corrected chi connectivity index (χ4v) is 2.71. The van der Waals surface area contributed by atoms with Crippen LogP contribution in [-0.4, -0.2) is 27.3 Å². The van der Waals surface area contributed by atoms with Crippen molar-refractivity contribution < 1.29 is 8.42 Å². The van der Waals surface area contributed by atoms with Crippen LogP contribution >= 0.6 is 0 Å². The molecule has 0 saturated carbocycles. The van der Waals surface area contributed by atoms with Gasteiger partial charge in [-0.15, -0.1) is 0 Å². The molecule has 2 N–H and O–H groups in total. The summed E-state index contributed by atoms with van der Waals surface area (Å²) in [6.07, 6.45) is 1.01. The summed E-state index contributed by atoms with van der Waals surface area (Å²) in [5.74, 6) is 0.126. The van der Waals surface area contributed by atoms with Gasteiger partial charge < -0.3 is 5.32 Å². The van der Waals surface area contributed by atoms with E-state index in [1.54, 1.807) is 6.92 Å². The largest absolute Gasteiger partial charge is 0.308 e. The summed E-state index contributed by atoms with van der Waals surface area (Å²) < 4.78 is 25.5. The molecule has 94 valence electrons. The summed E-state index contributed by atoms with van der Waals surface area (Å²) in [6.45, 7) is 2.97. The van der Waals surface area contributed by atoms with Crippen LogP contribution in [0.25, 0.3) is 0 Å². The average Bonchev–Trinajstić information content (AvgIpc) is 2.36. The Bertz CT molecular complexity index is 485. The molecule has 0 amide bonds. The van der Waals surface area contributed by atoms with Gasteiger partial charge in [-0.05, 0) is 31.0 Å². The van der Waals surface area contributed by atoms with Gasteiger partial charge in [-0.2, -0.15) is 0 Å². The van der Waals surface area contributed by atoms with E-state index in [-0.39, 0.29) is 11.8 Å². The van der Waals surface area contributed by atoms with Crippen molar-refractivity contribution in [3.63, 3.8) is 0 Å². The van der Waals surface area contributed by atoms with Crippen molar-refractivity contribution in [3.05, 3.63) is 35.4 Å². The second-order valence-corrected chi connectivity index (χ2v) is 6.30. The highest BCUT2D eigenvalue weighted by Crippen LogP contribution is 2.21. The van der Waals surface area contributed by atoms with Gasteiger partial charge in [0, 0.05) is 12.6 Å². The SMILES string of the molecule is CCS(=O)(=O)NCC1NCCc2ccccc21. The Morgan fingerprint density at radius 1 is 1.41 bits per heavy atom. The molecule has 4 nitrogen and oxygen atoms in total. The Hall–Kier alpha value is -0.910. The molecule has 0 spiro atoms. The maximum absolute atomic E-state index is 11.4. The molecule has 1 unspecified atom stereocenters. The summed E-state index contributed by atoms with van der Waals surface area (Å²) in [6, 6.07) is 8.27. The van der Waals surface area contributed by atoms with Crippen molar-refractivity contribution in [2.75, 3.05) is 18.8 Å². The lowest BCUT2D eigenvalue weighted by molar-refractivity contribution is 0.492. The van der Waals surface area contributed by atoms with Crippen LogP contribution < -0.4 is 10.0 Å². The van der Waals surface area contributed by atoms with Crippen LogP contribution in [0.15, 0.2) is 24.3 Å². The maximum atomic E-state index is 11.4. The fourth-order valence-electron chi connectivity index (χ4n) is 2.09. The molecular weight excluding hydrogens is 236 g/mol. The second-order valence-electron chi connectivity index (χ2n) is 4.21. The molecule has 0 fully saturated rings. The van der Waals surface area contributed by atoms with Gasteiger partial charge >= 0.3 is 0 Å². The zero-order valence-corrected chi connectivity index (χ0v) is 10.8. The van der Waals surface area contributed by atoms with Crippen LogP contribution in [0, 0.1) is 0 Å². The lowest BCUT2D eigenvalue weighted by atomic mass is 9.95. The molecule has 0 saturated heterocycles. The first kappa shape index (κ1) is 12.5. The highest BCUT2D eigenvalue weighted by Gasteiger charge is 2.20. The summed E-state index contributed by atoms with van der Waals surface area (Å²) in [5, 5.41) is 3.35. The summed E-state index contributed by atoms with van der Waals surface area (Å²) >= 11 is 0. The zero-order chi connectivity index (χ0) is 12.3. The van der Waals surface area contributed by atoms with Crippen molar-refractivity contribution in [2.45, 2.75) is 19.4 Å². The molecule has 1 aliphatic rings. The normalized spacial score (nSPS) is 19.9.